The molecule has 0 aliphatic heterocycles. The zero-order valence-electron chi connectivity index (χ0n) is 27.1. The van der Waals surface area contributed by atoms with Crippen LogP contribution in [-0.2, 0) is 20.9 Å². The number of aliphatic hydroxyl groups is 1. The van der Waals surface area contributed by atoms with Crippen molar-refractivity contribution in [3.05, 3.63) is 102 Å². The Labute approximate surface area is 273 Å². The van der Waals surface area contributed by atoms with Gasteiger partial charge in [-0.1, -0.05) is 42.5 Å². The largest absolute Gasteiger partial charge is 0.497 e. The molecule has 0 saturated carbocycles. The number of nitrogens with zero attached hydrogens (tertiary/aromatic N) is 1. The highest BCUT2D eigenvalue weighted by molar-refractivity contribution is 6.07. The van der Waals surface area contributed by atoms with E-state index >= 15 is 0 Å². The molecule has 0 saturated heterocycles. The van der Waals surface area contributed by atoms with E-state index in [1.807, 2.05) is 54.8 Å². The van der Waals surface area contributed by atoms with E-state index in [2.05, 4.69) is 10.1 Å². The molecule has 0 bridgehead atoms. The molecule has 0 spiro atoms. The maximum absolute atomic E-state index is 14.3. The maximum atomic E-state index is 14.3. The van der Waals surface area contributed by atoms with Gasteiger partial charge in [-0.3, -0.25) is 14.4 Å². The second kappa shape index (κ2) is 15.9. The fraction of sp³-hybridized carbons (Fsp3) is 0.270. The monoisotopic (exact) mass is 642 g/mol. The van der Waals surface area contributed by atoms with Crippen molar-refractivity contribution in [2.24, 2.45) is 0 Å². The van der Waals surface area contributed by atoms with Gasteiger partial charge in [0, 0.05) is 41.8 Å². The number of hydrogen-bond donors (Lipinski definition) is 2. The normalized spacial score (nSPS) is 11.8. The van der Waals surface area contributed by atoms with Crippen LogP contribution in [0.2, 0.25) is 0 Å². The van der Waals surface area contributed by atoms with Crippen LogP contribution in [0.3, 0.4) is 0 Å². The number of aromatic nitrogens is 1. The van der Waals surface area contributed by atoms with Crippen molar-refractivity contribution in [1.82, 2.24) is 9.88 Å². The van der Waals surface area contributed by atoms with Gasteiger partial charge >= 0.3 is 5.97 Å². The number of esters is 1. The van der Waals surface area contributed by atoms with E-state index in [-0.39, 0.29) is 31.3 Å². The molecule has 0 unspecified atom stereocenters. The summed E-state index contributed by atoms with van der Waals surface area (Å²) < 4.78 is 31.4. The van der Waals surface area contributed by atoms with Crippen LogP contribution in [0.25, 0.3) is 28.3 Å². The predicted octanol–water partition coefficient (Wildman–Crippen LogP) is 6.39. The molecule has 2 N–H and O–H groups in total. The highest BCUT2D eigenvalue weighted by Crippen LogP contribution is 2.42. The lowest BCUT2D eigenvalue weighted by Crippen LogP contribution is -2.27. The van der Waals surface area contributed by atoms with Gasteiger partial charge in [-0.05, 0) is 61.4 Å². The lowest BCUT2D eigenvalue weighted by Gasteiger charge is -2.17. The Bertz CT molecular complexity index is 1740. The van der Waals surface area contributed by atoms with Crippen molar-refractivity contribution in [1.29, 1.82) is 0 Å². The van der Waals surface area contributed by atoms with Gasteiger partial charge in [0.15, 0.2) is 5.78 Å². The zero-order valence-corrected chi connectivity index (χ0v) is 27.1. The minimum atomic E-state index is -1.22. The van der Waals surface area contributed by atoms with Gasteiger partial charge in [-0.25, -0.2) is 4.39 Å². The molecule has 4 aromatic rings. The van der Waals surface area contributed by atoms with Gasteiger partial charge in [0.2, 0.25) is 0 Å². The molecular formula is C37H39FN2O7. The Morgan fingerprint density at radius 2 is 1.57 bits per heavy atom. The van der Waals surface area contributed by atoms with E-state index in [4.69, 9.17) is 9.47 Å². The molecule has 1 atom stereocenters. The lowest BCUT2D eigenvalue weighted by molar-refractivity contribution is -0.143. The number of allylic oxidation sites excluding steroid dienone is 1. The van der Waals surface area contributed by atoms with Crippen molar-refractivity contribution < 1.29 is 38.1 Å². The van der Waals surface area contributed by atoms with E-state index in [0.29, 0.717) is 39.6 Å². The Morgan fingerprint density at radius 3 is 2.19 bits per heavy atom. The maximum Gasteiger partial charge on any atom is 0.308 e. The van der Waals surface area contributed by atoms with E-state index in [0.717, 1.165) is 11.1 Å². The Balaban J connectivity index is 1.88. The molecule has 3 aromatic carbocycles. The van der Waals surface area contributed by atoms with Gasteiger partial charge in [-0.2, -0.15) is 0 Å². The van der Waals surface area contributed by atoms with Crippen LogP contribution in [0.15, 0.2) is 78.9 Å². The SMILES string of the molecule is COC(=O)C[C@H](O)CC(=O)/C=C/c1c(-c2ccc(F)cc2)c(-c2ccccc2)c(C(=O)NCc2ccc(OC)cc2OC)n1C(C)C. The van der Waals surface area contributed by atoms with E-state index in [1.165, 1.54) is 25.3 Å². The van der Waals surface area contributed by atoms with Crippen LogP contribution in [0.4, 0.5) is 4.39 Å². The smallest absolute Gasteiger partial charge is 0.308 e. The molecule has 9 nitrogen and oxygen atoms in total. The van der Waals surface area contributed by atoms with E-state index in [1.54, 1.807) is 44.6 Å². The van der Waals surface area contributed by atoms with Crippen molar-refractivity contribution in [3.8, 4) is 33.8 Å². The average Bonchev–Trinajstić information content (AvgIpc) is 3.42. The van der Waals surface area contributed by atoms with Crippen LogP contribution in [-0.4, -0.2) is 54.8 Å². The first-order valence-electron chi connectivity index (χ1n) is 15.1. The summed E-state index contributed by atoms with van der Waals surface area (Å²) in [6, 6.07) is 20.4. The summed E-state index contributed by atoms with van der Waals surface area (Å²) in [6.45, 7) is 3.99. The summed E-state index contributed by atoms with van der Waals surface area (Å²) in [5.74, 6) is -0.686. The first-order valence-corrected chi connectivity index (χ1v) is 15.1. The number of hydrogen-bond acceptors (Lipinski definition) is 7. The summed E-state index contributed by atoms with van der Waals surface area (Å²) in [5.41, 5.74) is 4.21. The van der Waals surface area contributed by atoms with E-state index < -0.39 is 23.7 Å². The highest BCUT2D eigenvalue weighted by atomic mass is 19.1. The number of ether oxygens (including phenoxy) is 3. The quantitative estimate of drug-likeness (QED) is 0.121. The predicted molar refractivity (Wildman–Crippen MR) is 178 cm³/mol. The van der Waals surface area contributed by atoms with Crippen molar-refractivity contribution in [3.63, 3.8) is 0 Å². The van der Waals surface area contributed by atoms with Crippen molar-refractivity contribution in [2.75, 3.05) is 21.3 Å². The summed E-state index contributed by atoms with van der Waals surface area (Å²) in [5, 5.41) is 13.3. The zero-order chi connectivity index (χ0) is 34.1. The Kier molecular flexibility index (Phi) is 11.7. The van der Waals surface area contributed by atoms with Gasteiger partial charge < -0.3 is 29.2 Å². The third-order valence-corrected chi connectivity index (χ3v) is 7.60. The molecule has 0 fully saturated rings. The number of methoxy groups -OCH3 is 3. The van der Waals surface area contributed by atoms with Gasteiger partial charge in [0.25, 0.3) is 5.91 Å². The van der Waals surface area contributed by atoms with E-state index in [9.17, 15) is 23.9 Å². The standard InChI is InChI=1S/C37H39FN2O7/c1-23(2)40-31(18-16-28(41)19-29(42)20-33(43)47-5)34(25-11-14-27(38)15-12-25)35(24-9-7-6-8-10-24)36(40)37(44)39-22-26-13-17-30(45-3)21-32(26)46-4/h6-18,21,23,29,42H,19-20,22H2,1-5H3,(H,39,44)/b18-16+/t29-/m1/s1. The van der Waals surface area contributed by atoms with Crippen LogP contribution < -0.4 is 14.8 Å². The molecule has 246 valence electrons. The molecular weight excluding hydrogens is 603 g/mol. The number of halogens is 1. The van der Waals surface area contributed by atoms with Crippen LogP contribution >= 0.6 is 0 Å². The summed E-state index contributed by atoms with van der Waals surface area (Å²) in [4.78, 5) is 38.9. The van der Waals surface area contributed by atoms with Crippen molar-refractivity contribution in [2.45, 2.75) is 45.4 Å². The summed E-state index contributed by atoms with van der Waals surface area (Å²) in [6.07, 6.45) is 1.08. The van der Waals surface area contributed by atoms with Crippen LogP contribution in [0.5, 0.6) is 11.5 Å². The van der Waals surface area contributed by atoms with Crippen molar-refractivity contribution >= 4 is 23.7 Å². The first kappa shape index (κ1) is 34.6. The second-order valence-electron chi connectivity index (χ2n) is 11.1. The molecule has 0 radical (unpaired) electrons. The van der Waals surface area contributed by atoms with Gasteiger partial charge in [0.05, 0.1) is 39.5 Å². The average molecular weight is 643 g/mol. The van der Waals surface area contributed by atoms with Crippen LogP contribution in [0, 0.1) is 5.82 Å². The minimum Gasteiger partial charge on any atom is -0.497 e. The topological polar surface area (TPSA) is 116 Å². The molecule has 4 rings (SSSR count). The Hall–Kier alpha value is -5.22. The molecule has 1 amide bonds. The fourth-order valence-corrected chi connectivity index (χ4v) is 5.40. The lowest BCUT2D eigenvalue weighted by atomic mass is 9.94. The minimum absolute atomic E-state index is 0.150. The molecule has 47 heavy (non-hydrogen) atoms. The second-order valence-corrected chi connectivity index (χ2v) is 11.1. The number of benzene rings is 3. The number of aliphatic hydroxyl groups excluding tert-OH is 1. The fourth-order valence-electron chi connectivity index (χ4n) is 5.40. The number of carbonyl (C=O) groups is 3. The number of ketones is 1. The number of rotatable bonds is 14. The molecule has 10 heteroatoms. The highest BCUT2D eigenvalue weighted by Gasteiger charge is 2.29. The van der Waals surface area contributed by atoms with Gasteiger partial charge in [0.1, 0.15) is 23.0 Å². The summed E-state index contributed by atoms with van der Waals surface area (Å²) >= 11 is 0. The molecule has 0 aliphatic rings. The van der Waals surface area contributed by atoms with Gasteiger partial charge in [-0.15, -0.1) is 0 Å². The molecule has 1 aromatic heterocycles. The molecule has 0 aliphatic carbocycles. The number of amides is 1. The number of nitrogens with one attached hydrogen (secondary N) is 1. The third kappa shape index (κ3) is 8.33. The molecule has 1 heterocycles. The van der Waals surface area contributed by atoms with Crippen LogP contribution in [0.1, 0.15) is 54.5 Å². The summed E-state index contributed by atoms with van der Waals surface area (Å²) in [7, 11) is 4.31. The first-order chi connectivity index (χ1) is 22.6. The third-order valence-electron chi connectivity index (χ3n) is 7.60. The Morgan fingerprint density at radius 1 is 0.894 bits per heavy atom. The number of carbonyl (C=O) groups excluding carboxylic acids is 3.